The largest absolute Gasteiger partial charge is 0.416 e. The average molecular weight is 468 g/mol. The minimum absolute atomic E-state index is 0.00259. The Labute approximate surface area is 173 Å². The highest BCUT2D eigenvalue weighted by Gasteiger charge is 2.31. The molecule has 0 aliphatic heterocycles. The zero-order valence-electron chi connectivity index (χ0n) is 15.5. The summed E-state index contributed by atoms with van der Waals surface area (Å²) in [5, 5.41) is 2.51. The number of anilines is 1. The van der Waals surface area contributed by atoms with Crippen molar-refractivity contribution in [1.82, 2.24) is 19.9 Å². The molecule has 0 saturated heterocycles. The van der Waals surface area contributed by atoms with Crippen LogP contribution in [0.25, 0.3) is 17.1 Å². The lowest BCUT2D eigenvalue weighted by atomic mass is 10.1. The lowest BCUT2D eigenvalue weighted by molar-refractivity contribution is -0.137. The first-order valence-corrected chi connectivity index (χ1v) is 9.38. The van der Waals surface area contributed by atoms with Crippen molar-refractivity contribution in [2.24, 2.45) is 0 Å². The molecule has 2 aromatic heterocycles. The van der Waals surface area contributed by atoms with Crippen LogP contribution >= 0.6 is 15.9 Å². The Hall–Kier alpha value is -2.88. The molecule has 0 saturated carbocycles. The average Bonchev–Trinajstić information content (AvgIpc) is 3.13. The van der Waals surface area contributed by atoms with E-state index in [2.05, 4.69) is 31.2 Å². The Morgan fingerprint density at radius 3 is 2.66 bits per heavy atom. The van der Waals surface area contributed by atoms with Crippen molar-refractivity contribution in [3.8, 4) is 17.1 Å². The topological polar surface area (TPSA) is 85.8 Å². The fraction of sp³-hybridized carbons (Fsp3) is 0.211. The Morgan fingerprint density at radius 1 is 1.31 bits per heavy atom. The molecule has 0 unspecified atom stereocenters. The first kappa shape index (κ1) is 20.8. The van der Waals surface area contributed by atoms with Gasteiger partial charge in [0.05, 0.1) is 21.3 Å². The number of hydrogen-bond acceptors (Lipinski definition) is 4. The van der Waals surface area contributed by atoms with E-state index in [1.54, 1.807) is 6.07 Å². The fourth-order valence-electron chi connectivity index (χ4n) is 2.94. The van der Waals surface area contributed by atoms with Gasteiger partial charge in [0.25, 0.3) is 5.91 Å². The standard InChI is InChI=1S/C19H17BrF3N5O/c1-3-10-4-5-12(19(21,22)23)7-14(10)28-9-11(17(29)25-2)6-15(28)16-13(20)8-26-18(24)27-16/h4-9H,3H2,1-2H3,(H,25,29)(H2,24,26,27). The van der Waals surface area contributed by atoms with Crippen molar-refractivity contribution in [1.29, 1.82) is 0 Å². The Balaban J connectivity index is 2.33. The number of nitrogens with one attached hydrogen (secondary N) is 1. The van der Waals surface area contributed by atoms with Crippen LogP contribution in [0.2, 0.25) is 0 Å². The van der Waals surface area contributed by atoms with Crippen molar-refractivity contribution in [2.75, 3.05) is 12.8 Å². The zero-order chi connectivity index (χ0) is 21.3. The molecule has 29 heavy (non-hydrogen) atoms. The molecule has 152 valence electrons. The summed E-state index contributed by atoms with van der Waals surface area (Å²) >= 11 is 3.34. The van der Waals surface area contributed by atoms with Gasteiger partial charge >= 0.3 is 6.18 Å². The molecule has 2 heterocycles. The molecular weight excluding hydrogens is 451 g/mol. The first-order valence-electron chi connectivity index (χ1n) is 8.59. The number of hydrogen-bond donors (Lipinski definition) is 2. The molecule has 0 spiro atoms. The summed E-state index contributed by atoms with van der Waals surface area (Å²) in [6.07, 6.45) is -1.08. The predicted octanol–water partition coefficient (Wildman–Crippen LogP) is 4.22. The van der Waals surface area contributed by atoms with Crippen LogP contribution in [0, 0.1) is 0 Å². The third-order valence-electron chi connectivity index (χ3n) is 4.37. The molecule has 0 atom stereocenters. The third-order valence-corrected chi connectivity index (χ3v) is 4.95. The minimum Gasteiger partial charge on any atom is -0.368 e. The minimum atomic E-state index is -4.50. The summed E-state index contributed by atoms with van der Waals surface area (Å²) in [6.45, 7) is 1.84. The smallest absolute Gasteiger partial charge is 0.368 e. The summed E-state index contributed by atoms with van der Waals surface area (Å²) in [4.78, 5) is 20.3. The second kappa shape index (κ2) is 7.86. The summed E-state index contributed by atoms with van der Waals surface area (Å²) < 4.78 is 42.0. The summed E-state index contributed by atoms with van der Waals surface area (Å²) in [5.74, 6) is -0.384. The molecule has 3 rings (SSSR count). The van der Waals surface area contributed by atoms with Crippen LogP contribution in [0.4, 0.5) is 19.1 Å². The fourth-order valence-corrected chi connectivity index (χ4v) is 3.33. The van der Waals surface area contributed by atoms with E-state index in [0.717, 1.165) is 12.1 Å². The van der Waals surface area contributed by atoms with E-state index < -0.39 is 11.7 Å². The number of carbonyl (C=O) groups excluding carboxylic acids is 1. The number of benzene rings is 1. The molecule has 6 nitrogen and oxygen atoms in total. The summed E-state index contributed by atoms with van der Waals surface area (Å²) in [5.41, 5.74) is 6.92. The van der Waals surface area contributed by atoms with Crippen molar-refractivity contribution in [2.45, 2.75) is 19.5 Å². The van der Waals surface area contributed by atoms with E-state index in [1.807, 2.05) is 6.92 Å². The van der Waals surface area contributed by atoms with Crippen molar-refractivity contribution < 1.29 is 18.0 Å². The number of nitrogens with two attached hydrogens (primary N) is 1. The maximum Gasteiger partial charge on any atom is 0.416 e. The van der Waals surface area contributed by atoms with Gasteiger partial charge in [-0.15, -0.1) is 0 Å². The van der Waals surface area contributed by atoms with Gasteiger partial charge < -0.3 is 15.6 Å². The highest BCUT2D eigenvalue weighted by atomic mass is 79.9. The van der Waals surface area contributed by atoms with Crippen LogP contribution in [0.3, 0.4) is 0 Å². The van der Waals surface area contributed by atoms with E-state index in [4.69, 9.17) is 5.73 Å². The Kier molecular flexibility index (Phi) is 5.65. The second-order valence-electron chi connectivity index (χ2n) is 6.18. The van der Waals surface area contributed by atoms with Gasteiger partial charge in [-0.05, 0) is 46.1 Å². The molecule has 0 bridgehead atoms. The van der Waals surface area contributed by atoms with Crippen LogP contribution in [0.15, 0.2) is 41.1 Å². The van der Waals surface area contributed by atoms with Gasteiger partial charge in [0.15, 0.2) is 0 Å². The predicted molar refractivity (Wildman–Crippen MR) is 107 cm³/mol. The Bertz CT molecular complexity index is 1080. The molecule has 1 amide bonds. The van der Waals surface area contributed by atoms with Gasteiger partial charge in [0.2, 0.25) is 5.95 Å². The lowest BCUT2D eigenvalue weighted by Gasteiger charge is -2.16. The highest BCUT2D eigenvalue weighted by molar-refractivity contribution is 9.10. The maximum absolute atomic E-state index is 13.3. The van der Waals surface area contributed by atoms with Crippen molar-refractivity contribution in [3.05, 3.63) is 57.8 Å². The molecule has 1 aromatic carbocycles. The van der Waals surface area contributed by atoms with E-state index >= 15 is 0 Å². The van der Waals surface area contributed by atoms with Gasteiger partial charge in [-0.2, -0.15) is 13.2 Å². The number of nitrogens with zero attached hydrogens (tertiary/aromatic N) is 3. The van der Waals surface area contributed by atoms with E-state index in [9.17, 15) is 18.0 Å². The lowest BCUT2D eigenvalue weighted by Crippen LogP contribution is -2.17. The van der Waals surface area contributed by atoms with Gasteiger partial charge in [0, 0.05) is 25.1 Å². The Morgan fingerprint density at radius 2 is 2.03 bits per heavy atom. The van der Waals surface area contributed by atoms with Crippen molar-refractivity contribution >= 4 is 27.8 Å². The second-order valence-corrected chi connectivity index (χ2v) is 7.04. The highest BCUT2D eigenvalue weighted by Crippen LogP contribution is 2.35. The van der Waals surface area contributed by atoms with Gasteiger partial charge in [-0.1, -0.05) is 13.0 Å². The molecule has 0 radical (unpaired) electrons. The van der Waals surface area contributed by atoms with Crippen LogP contribution in [0.1, 0.15) is 28.4 Å². The molecule has 3 N–H and O–H groups in total. The zero-order valence-corrected chi connectivity index (χ0v) is 17.1. The van der Waals surface area contributed by atoms with Crippen LogP contribution < -0.4 is 11.1 Å². The quantitative estimate of drug-likeness (QED) is 0.601. The molecule has 3 aromatic rings. The monoisotopic (exact) mass is 467 g/mol. The number of rotatable bonds is 4. The number of carbonyl (C=O) groups is 1. The summed E-state index contributed by atoms with van der Waals surface area (Å²) in [6, 6.07) is 5.09. The third kappa shape index (κ3) is 4.12. The SMILES string of the molecule is CCc1ccc(C(F)(F)F)cc1-n1cc(C(=O)NC)cc1-c1nc(N)ncc1Br. The first-order chi connectivity index (χ1) is 13.7. The number of halogens is 4. The van der Waals surface area contributed by atoms with Crippen LogP contribution in [-0.4, -0.2) is 27.5 Å². The normalized spacial score (nSPS) is 11.5. The van der Waals surface area contributed by atoms with Gasteiger partial charge in [-0.25, -0.2) is 9.97 Å². The van der Waals surface area contributed by atoms with Crippen LogP contribution in [0.5, 0.6) is 0 Å². The number of aryl methyl sites for hydroxylation is 1. The maximum atomic E-state index is 13.3. The van der Waals surface area contributed by atoms with E-state index in [-0.39, 0.29) is 17.4 Å². The van der Waals surface area contributed by atoms with Crippen LogP contribution in [-0.2, 0) is 12.6 Å². The van der Waals surface area contributed by atoms with Gasteiger partial charge in [-0.3, -0.25) is 4.79 Å². The molecule has 0 aliphatic carbocycles. The summed E-state index contributed by atoms with van der Waals surface area (Å²) in [7, 11) is 1.47. The number of alkyl halides is 3. The van der Waals surface area contributed by atoms with E-state index in [0.29, 0.717) is 33.5 Å². The molecule has 0 aliphatic rings. The number of amides is 1. The molecule has 10 heteroatoms. The van der Waals surface area contributed by atoms with E-state index in [1.165, 1.54) is 30.1 Å². The molecular formula is C19H17BrF3N5O. The number of aromatic nitrogens is 3. The van der Waals surface area contributed by atoms with Crippen molar-refractivity contribution in [3.63, 3.8) is 0 Å². The number of nitrogen functional groups attached to an aromatic ring is 1. The molecule has 0 fully saturated rings. The van der Waals surface area contributed by atoms with Gasteiger partial charge in [0.1, 0.15) is 5.69 Å².